The largest absolute Gasteiger partial charge is 0.192 e. The van der Waals surface area contributed by atoms with Crippen molar-refractivity contribution in [2.24, 2.45) is 0 Å². The van der Waals surface area contributed by atoms with Crippen molar-refractivity contribution in [1.29, 1.82) is 0 Å². The molecule has 1 aromatic rings. The Kier molecular flexibility index (Phi) is 2.88. The summed E-state index contributed by atoms with van der Waals surface area (Å²) in [6.45, 7) is 1.89. The van der Waals surface area contributed by atoms with Crippen LogP contribution in [0.3, 0.4) is 0 Å². The molecule has 0 aliphatic heterocycles. The van der Waals surface area contributed by atoms with Crippen molar-refractivity contribution in [2.45, 2.75) is 6.92 Å². The molecule has 0 aliphatic rings. The van der Waals surface area contributed by atoms with E-state index in [1.54, 1.807) is 6.07 Å². The van der Waals surface area contributed by atoms with Crippen LogP contribution in [0.1, 0.15) is 5.56 Å². The summed E-state index contributed by atoms with van der Waals surface area (Å²) in [4.78, 5) is 0. The number of benzene rings is 1. The van der Waals surface area contributed by atoms with E-state index in [0.29, 0.717) is 10.7 Å². The van der Waals surface area contributed by atoms with Crippen LogP contribution >= 0.6 is 35.2 Å². The Morgan fingerprint density at radius 3 is 2.36 bits per heavy atom. The van der Waals surface area contributed by atoms with E-state index < -0.39 is 0 Å². The Hall–Kier alpha value is -0.110. The third kappa shape index (κ3) is 1.92. The third-order valence-electron chi connectivity index (χ3n) is 1.35. The molecule has 0 spiro atoms. The van der Waals surface area contributed by atoms with Gasteiger partial charge >= 0.3 is 0 Å². The molecule has 0 aliphatic carbocycles. The monoisotopic (exact) mass is 209 g/mol. The molecule has 0 N–H and O–H groups in total. The molecule has 0 aromatic heterocycles. The second-order valence-corrected chi connectivity index (χ2v) is 3.37. The minimum absolute atomic E-state index is 0.581. The van der Waals surface area contributed by atoms with Gasteiger partial charge in [-0.2, -0.15) is 3.94 Å². The highest BCUT2D eigenvalue weighted by Crippen LogP contribution is 2.30. The van der Waals surface area contributed by atoms with Crippen LogP contribution in [-0.2, 0) is 0 Å². The van der Waals surface area contributed by atoms with E-state index in [0.717, 1.165) is 9.50 Å². The van der Waals surface area contributed by atoms with E-state index in [-0.39, 0.29) is 0 Å². The maximum absolute atomic E-state index is 5.88. The van der Waals surface area contributed by atoms with Gasteiger partial charge in [0, 0.05) is 23.6 Å². The average molecular weight is 210 g/mol. The predicted molar refractivity (Wildman–Crippen MR) is 50.4 cm³/mol. The summed E-state index contributed by atoms with van der Waals surface area (Å²) in [6, 6.07) is 5.48. The van der Waals surface area contributed by atoms with Gasteiger partial charge in [0.25, 0.3) is 0 Å². The molecule has 0 saturated heterocycles. The number of hydrogen-bond acceptors (Lipinski definition) is 1. The van der Waals surface area contributed by atoms with Gasteiger partial charge in [-0.25, -0.2) is 0 Å². The molecule has 1 nitrogen and oxygen atoms in total. The summed E-state index contributed by atoms with van der Waals surface area (Å²) in [5.74, 6) is 0. The first-order valence-electron chi connectivity index (χ1n) is 2.99. The van der Waals surface area contributed by atoms with Crippen LogP contribution in [0.5, 0.6) is 0 Å². The third-order valence-corrected chi connectivity index (χ3v) is 2.21. The second kappa shape index (κ2) is 3.53. The molecule has 0 heterocycles. The summed E-state index contributed by atoms with van der Waals surface area (Å²) in [5, 5.41) is 0.581. The number of anilines is 1. The summed E-state index contributed by atoms with van der Waals surface area (Å²) in [7, 11) is 0. The summed E-state index contributed by atoms with van der Waals surface area (Å²) in [6.07, 6.45) is 0. The number of aryl methyl sites for hydroxylation is 1. The molecular formula is C7H6Cl3N. The van der Waals surface area contributed by atoms with E-state index in [9.17, 15) is 0 Å². The molecule has 0 amide bonds. The molecule has 0 bridgehead atoms. The molecule has 1 rings (SSSR count). The number of hydrogen-bond donors (Lipinski definition) is 0. The Morgan fingerprint density at radius 1 is 1.27 bits per heavy atom. The van der Waals surface area contributed by atoms with Crippen LogP contribution in [-0.4, -0.2) is 0 Å². The summed E-state index contributed by atoms with van der Waals surface area (Å²) in [5.41, 5.74) is 1.56. The SMILES string of the molecule is Cc1cccc(N(Cl)Cl)c1Cl. The molecule has 60 valence electrons. The van der Waals surface area contributed by atoms with Gasteiger partial charge < -0.3 is 0 Å². The normalized spacial score (nSPS) is 9.82. The minimum Gasteiger partial charge on any atom is -0.192 e. The van der Waals surface area contributed by atoms with Crippen molar-refractivity contribution in [2.75, 3.05) is 3.94 Å². The van der Waals surface area contributed by atoms with E-state index in [2.05, 4.69) is 0 Å². The van der Waals surface area contributed by atoms with Gasteiger partial charge in [-0.05, 0) is 18.6 Å². The standard InChI is InChI=1S/C7H6Cl3N/c1-5-3-2-4-6(7(5)8)11(9)10/h2-4H,1H3. The quantitative estimate of drug-likeness (QED) is 0.638. The van der Waals surface area contributed by atoms with Crippen LogP contribution in [0.25, 0.3) is 0 Å². The Bertz CT molecular complexity index is 260. The van der Waals surface area contributed by atoms with Gasteiger partial charge in [-0.3, -0.25) is 0 Å². The molecule has 0 radical (unpaired) electrons. The highest BCUT2D eigenvalue weighted by atomic mass is 35.5. The first-order valence-corrected chi connectivity index (χ1v) is 4.05. The molecular weight excluding hydrogens is 204 g/mol. The first-order chi connectivity index (χ1) is 5.13. The zero-order valence-electron chi connectivity index (χ0n) is 5.81. The lowest BCUT2D eigenvalue weighted by Gasteiger charge is -2.08. The van der Waals surface area contributed by atoms with Crippen molar-refractivity contribution in [3.05, 3.63) is 28.8 Å². The summed E-state index contributed by atoms with van der Waals surface area (Å²) >= 11 is 16.9. The Balaban J connectivity index is 3.17. The minimum atomic E-state index is 0.581. The summed E-state index contributed by atoms with van der Waals surface area (Å²) < 4.78 is 0.954. The fourth-order valence-electron chi connectivity index (χ4n) is 0.762. The van der Waals surface area contributed by atoms with Crippen LogP contribution in [0.15, 0.2) is 18.2 Å². The molecule has 11 heavy (non-hydrogen) atoms. The molecule has 4 heteroatoms. The van der Waals surface area contributed by atoms with Gasteiger partial charge in [0.1, 0.15) is 0 Å². The van der Waals surface area contributed by atoms with Crippen LogP contribution < -0.4 is 3.94 Å². The van der Waals surface area contributed by atoms with Crippen molar-refractivity contribution in [3.8, 4) is 0 Å². The van der Waals surface area contributed by atoms with Gasteiger partial charge in [-0.15, -0.1) is 0 Å². The van der Waals surface area contributed by atoms with Gasteiger partial charge in [0.05, 0.1) is 10.7 Å². The number of rotatable bonds is 1. The fourth-order valence-corrected chi connectivity index (χ4v) is 1.34. The predicted octanol–water partition coefficient (Wildman–Crippen LogP) is 3.76. The zero-order chi connectivity index (χ0) is 8.43. The van der Waals surface area contributed by atoms with Crippen molar-refractivity contribution >= 4 is 40.8 Å². The lowest BCUT2D eigenvalue weighted by molar-refractivity contribution is 1.45. The average Bonchev–Trinajstić information content (AvgIpc) is 1.94. The van der Waals surface area contributed by atoms with E-state index in [1.807, 2.05) is 19.1 Å². The van der Waals surface area contributed by atoms with Crippen molar-refractivity contribution < 1.29 is 0 Å². The lowest BCUT2D eigenvalue weighted by atomic mass is 10.2. The number of nitrogens with zero attached hydrogens (tertiary/aromatic N) is 1. The molecule has 1 aromatic carbocycles. The molecule has 0 saturated carbocycles. The number of halogens is 3. The van der Waals surface area contributed by atoms with Crippen molar-refractivity contribution in [1.82, 2.24) is 0 Å². The lowest BCUT2D eigenvalue weighted by Crippen LogP contribution is -1.93. The maximum atomic E-state index is 5.88. The maximum Gasteiger partial charge on any atom is 0.0898 e. The highest BCUT2D eigenvalue weighted by Gasteiger charge is 2.06. The highest BCUT2D eigenvalue weighted by molar-refractivity contribution is 6.51. The molecule has 0 atom stereocenters. The van der Waals surface area contributed by atoms with Gasteiger partial charge in [-0.1, -0.05) is 23.7 Å². The van der Waals surface area contributed by atoms with Gasteiger partial charge in [0.2, 0.25) is 0 Å². The topological polar surface area (TPSA) is 3.24 Å². The van der Waals surface area contributed by atoms with Crippen LogP contribution in [0, 0.1) is 6.92 Å². The van der Waals surface area contributed by atoms with E-state index in [4.69, 9.17) is 35.2 Å². The molecule has 0 fully saturated rings. The second-order valence-electron chi connectivity index (χ2n) is 2.14. The van der Waals surface area contributed by atoms with E-state index in [1.165, 1.54) is 0 Å². The van der Waals surface area contributed by atoms with Gasteiger partial charge in [0.15, 0.2) is 0 Å². The Labute approximate surface area is 80.7 Å². The van der Waals surface area contributed by atoms with E-state index >= 15 is 0 Å². The van der Waals surface area contributed by atoms with Crippen LogP contribution in [0.4, 0.5) is 5.69 Å². The molecule has 0 unspecified atom stereocenters. The first kappa shape index (κ1) is 8.98. The smallest absolute Gasteiger partial charge is 0.0898 e. The zero-order valence-corrected chi connectivity index (χ0v) is 8.08. The van der Waals surface area contributed by atoms with Crippen LogP contribution in [0.2, 0.25) is 5.02 Å². The fraction of sp³-hybridized carbons (Fsp3) is 0.143. The Morgan fingerprint density at radius 2 is 1.91 bits per heavy atom. The van der Waals surface area contributed by atoms with Crippen molar-refractivity contribution in [3.63, 3.8) is 0 Å².